The predicted octanol–water partition coefficient (Wildman–Crippen LogP) is 0.603. The van der Waals surface area contributed by atoms with Crippen LogP contribution in [0.1, 0.15) is 26.2 Å². The molecule has 1 fully saturated rings. The number of nitrogens with two attached hydrogens (primary N) is 1. The molecule has 0 aromatic carbocycles. The molecule has 0 aromatic heterocycles. The third-order valence-electron chi connectivity index (χ3n) is 2.66. The van der Waals surface area contributed by atoms with Gasteiger partial charge in [0, 0.05) is 6.61 Å². The van der Waals surface area contributed by atoms with Gasteiger partial charge >= 0.3 is 5.97 Å². The number of hydrogen-bond acceptors (Lipinski definition) is 3. The van der Waals surface area contributed by atoms with Gasteiger partial charge in [-0.3, -0.25) is 4.79 Å². The summed E-state index contributed by atoms with van der Waals surface area (Å²) < 4.78 is 5.44. The van der Waals surface area contributed by atoms with Crippen molar-refractivity contribution < 1.29 is 14.6 Å². The van der Waals surface area contributed by atoms with Crippen molar-refractivity contribution in [3.63, 3.8) is 0 Å². The summed E-state index contributed by atoms with van der Waals surface area (Å²) >= 11 is 0. The standard InChI is InChI=1S/C9H17NO3/c1-2-7-5-6(3-4-13-7)8(10)9(11)12/h6-8H,2-5,10H2,1H3,(H,11,12)/t6-,7+,8?/m0/s1. The van der Waals surface area contributed by atoms with Gasteiger partial charge in [-0.2, -0.15) is 0 Å². The van der Waals surface area contributed by atoms with Crippen molar-refractivity contribution in [2.45, 2.75) is 38.3 Å². The van der Waals surface area contributed by atoms with Crippen LogP contribution < -0.4 is 5.73 Å². The largest absolute Gasteiger partial charge is 0.480 e. The van der Waals surface area contributed by atoms with Crippen LogP contribution in [0.4, 0.5) is 0 Å². The summed E-state index contributed by atoms with van der Waals surface area (Å²) in [5.74, 6) is -0.821. The van der Waals surface area contributed by atoms with Crippen LogP contribution >= 0.6 is 0 Å². The SMILES string of the molecule is CC[C@@H]1C[C@@H](C(N)C(=O)O)CCO1. The normalized spacial score (nSPS) is 31.2. The van der Waals surface area contributed by atoms with Crippen molar-refractivity contribution in [2.75, 3.05) is 6.61 Å². The van der Waals surface area contributed by atoms with Gasteiger partial charge in [-0.1, -0.05) is 6.92 Å². The van der Waals surface area contributed by atoms with Crippen molar-refractivity contribution in [3.05, 3.63) is 0 Å². The molecule has 0 bridgehead atoms. The van der Waals surface area contributed by atoms with Crippen LogP contribution in [0.2, 0.25) is 0 Å². The molecule has 0 saturated carbocycles. The highest BCUT2D eigenvalue weighted by Crippen LogP contribution is 2.24. The topological polar surface area (TPSA) is 72.6 Å². The molecule has 1 rings (SSSR count). The minimum absolute atomic E-state index is 0.0798. The first-order chi connectivity index (χ1) is 6.15. The summed E-state index contributed by atoms with van der Waals surface area (Å²) in [6.07, 6.45) is 2.68. The number of ether oxygens (including phenoxy) is 1. The first kappa shape index (κ1) is 10.5. The van der Waals surface area contributed by atoms with E-state index in [1.807, 2.05) is 6.92 Å². The fraction of sp³-hybridized carbons (Fsp3) is 0.889. The van der Waals surface area contributed by atoms with E-state index in [-0.39, 0.29) is 12.0 Å². The second kappa shape index (κ2) is 4.58. The van der Waals surface area contributed by atoms with E-state index in [1.54, 1.807) is 0 Å². The summed E-state index contributed by atoms with van der Waals surface area (Å²) in [7, 11) is 0. The van der Waals surface area contributed by atoms with Crippen molar-refractivity contribution in [1.29, 1.82) is 0 Å². The van der Waals surface area contributed by atoms with E-state index in [1.165, 1.54) is 0 Å². The lowest BCUT2D eigenvalue weighted by Gasteiger charge is -2.30. The van der Waals surface area contributed by atoms with Gasteiger partial charge in [0.15, 0.2) is 0 Å². The number of carbonyl (C=O) groups is 1. The van der Waals surface area contributed by atoms with Gasteiger partial charge in [0.1, 0.15) is 6.04 Å². The maximum absolute atomic E-state index is 10.6. The van der Waals surface area contributed by atoms with Gasteiger partial charge in [0.25, 0.3) is 0 Å². The molecule has 0 spiro atoms. The Morgan fingerprint density at radius 3 is 3.00 bits per heavy atom. The minimum atomic E-state index is -0.901. The van der Waals surface area contributed by atoms with Crippen LogP contribution in [0, 0.1) is 5.92 Å². The van der Waals surface area contributed by atoms with Gasteiger partial charge in [-0.05, 0) is 25.2 Å². The van der Waals surface area contributed by atoms with Crippen LogP contribution in [0.3, 0.4) is 0 Å². The summed E-state index contributed by atoms with van der Waals surface area (Å²) in [6.45, 7) is 2.68. The van der Waals surface area contributed by atoms with Crippen molar-refractivity contribution in [1.82, 2.24) is 0 Å². The molecule has 1 aliphatic rings. The fourth-order valence-corrected chi connectivity index (χ4v) is 1.72. The Kier molecular flexibility index (Phi) is 3.69. The molecule has 76 valence electrons. The number of carboxylic acids is 1. The van der Waals surface area contributed by atoms with Crippen molar-refractivity contribution in [2.24, 2.45) is 11.7 Å². The highest BCUT2D eigenvalue weighted by Gasteiger charge is 2.29. The van der Waals surface area contributed by atoms with E-state index in [4.69, 9.17) is 15.6 Å². The van der Waals surface area contributed by atoms with E-state index in [2.05, 4.69) is 0 Å². The van der Waals surface area contributed by atoms with E-state index < -0.39 is 12.0 Å². The molecule has 3 N–H and O–H groups in total. The molecule has 1 aliphatic heterocycles. The molecule has 1 heterocycles. The Labute approximate surface area is 78.1 Å². The smallest absolute Gasteiger partial charge is 0.320 e. The summed E-state index contributed by atoms with van der Waals surface area (Å²) in [5.41, 5.74) is 5.55. The average Bonchev–Trinajstić information content (AvgIpc) is 2.16. The average molecular weight is 187 g/mol. The van der Waals surface area contributed by atoms with Gasteiger partial charge in [0.05, 0.1) is 6.10 Å². The number of aliphatic carboxylic acids is 1. The van der Waals surface area contributed by atoms with Crippen LogP contribution in [-0.2, 0) is 9.53 Å². The Morgan fingerprint density at radius 1 is 1.77 bits per heavy atom. The molecule has 4 heteroatoms. The molecule has 0 aliphatic carbocycles. The van der Waals surface area contributed by atoms with E-state index in [0.29, 0.717) is 6.61 Å². The van der Waals surface area contributed by atoms with E-state index >= 15 is 0 Å². The minimum Gasteiger partial charge on any atom is -0.480 e. The zero-order chi connectivity index (χ0) is 9.84. The van der Waals surface area contributed by atoms with Crippen LogP contribution in [0.15, 0.2) is 0 Å². The first-order valence-corrected chi connectivity index (χ1v) is 4.75. The first-order valence-electron chi connectivity index (χ1n) is 4.75. The van der Waals surface area contributed by atoms with Gasteiger partial charge in [0.2, 0.25) is 0 Å². The molecule has 1 unspecified atom stereocenters. The predicted molar refractivity (Wildman–Crippen MR) is 48.4 cm³/mol. The van der Waals surface area contributed by atoms with Gasteiger partial charge in [-0.25, -0.2) is 0 Å². The Hall–Kier alpha value is -0.610. The summed E-state index contributed by atoms with van der Waals surface area (Å²) in [5, 5.41) is 8.73. The molecule has 0 aromatic rings. The third kappa shape index (κ3) is 2.67. The van der Waals surface area contributed by atoms with E-state index in [9.17, 15) is 4.79 Å². The second-order valence-electron chi connectivity index (χ2n) is 3.55. The van der Waals surface area contributed by atoms with E-state index in [0.717, 1.165) is 19.3 Å². The maximum Gasteiger partial charge on any atom is 0.320 e. The third-order valence-corrected chi connectivity index (χ3v) is 2.66. The van der Waals surface area contributed by atoms with Crippen molar-refractivity contribution >= 4 is 5.97 Å². The zero-order valence-electron chi connectivity index (χ0n) is 7.90. The van der Waals surface area contributed by atoms with Crippen LogP contribution in [0.25, 0.3) is 0 Å². The highest BCUT2D eigenvalue weighted by molar-refractivity contribution is 5.73. The Bertz CT molecular complexity index is 184. The molecule has 3 atom stereocenters. The number of carboxylic acid groups (broad SMARTS) is 1. The van der Waals surface area contributed by atoms with Crippen LogP contribution in [-0.4, -0.2) is 29.8 Å². The Balaban J connectivity index is 2.46. The van der Waals surface area contributed by atoms with Gasteiger partial charge < -0.3 is 15.6 Å². The molecule has 4 nitrogen and oxygen atoms in total. The summed E-state index contributed by atoms with van der Waals surface area (Å²) in [6, 6.07) is -0.724. The second-order valence-corrected chi connectivity index (χ2v) is 3.55. The van der Waals surface area contributed by atoms with Gasteiger partial charge in [-0.15, -0.1) is 0 Å². The molecule has 0 radical (unpaired) electrons. The lowest BCUT2D eigenvalue weighted by molar-refractivity contribution is -0.141. The zero-order valence-corrected chi connectivity index (χ0v) is 7.90. The Morgan fingerprint density at radius 2 is 2.46 bits per heavy atom. The molecule has 13 heavy (non-hydrogen) atoms. The monoisotopic (exact) mass is 187 g/mol. The summed E-state index contributed by atoms with van der Waals surface area (Å²) in [4.78, 5) is 10.6. The maximum atomic E-state index is 10.6. The number of hydrogen-bond donors (Lipinski definition) is 2. The molecular weight excluding hydrogens is 170 g/mol. The fourth-order valence-electron chi connectivity index (χ4n) is 1.72. The highest BCUT2D eigenvalue weighted by atomic mass is 16.5. The van der Waals surface area contributed by atoms with Crippen molar-refractivity contribution in [3.8, 4) is 0 Å². The number of rotatable bonds is 3. The lowest BCUT2D eigenvalue weighted by Crippen LogP contribution is -2.42. The quantitative estimate of drug-likeness (QED) is 0.678. The lowest BCUT2D eigenvalue weighted by atomic mass is 9.88. The molecule has 1 saturated heterocycles. The van der Waals surface area contributed by atoms with Crippen LogP contribution in [0.5, 0.6) is 0 Å². The molecule has 0 amide bonds. The molecular formula is C9H17NO3.